The number of carbonyl (C=O) groups excluding carboxylic acids is 1. The Kier molecular flexibility index (Phi) is 36.8. The number of hydrogen-bond donors (Lipinski definition) is 6. The normalized spacial score (nSPS) is 22.4. The van der Waals surface area contributed by atoms with Gasteiger partial charge in [0.2, 0.25) is 0 Å². The topological polar surface area (TPSA) is 192 Å². The van der Waals surface area contributed by atoms with Crippen LogP contribution in [0.15, 0.2) is 36.5 Å². The molecule has 0 bridgehead atoms. The Morgan fingerprint density at radius 2 is 0.934 bits per heavy atom. The lowest BCUT2D eigenvalue weighted by Gasteiger charge is -2.41. The quantitative estimate of drug-likeness (QED) is 0.0148. The van der Waals surface area contributed by atoms with Gasteiger partial charge < -0.3 is 39.9 Å². The van der Waals surface area contributed by atoms with E-state index < -0.39 is 63.1 Å². The van der Waals surface area contributed by atoms with Crippen molar-refractivity contribution in [2.45, 2.75) is 243 Å². The summed E-state index contributed by atoms with van der Waals surface area (Å²) in [5.41, 5.74) is 0. The SMILES string of the molecule is CCCC/C=C\C/C=C\CCCCCCCCOCC(COP(=O)(O)OC1C(O)C(O)C(O)C(O)C1O)OC(=O)CCCCCCCCCCC/C=C\CCCCCCCC. The molecule has 0 aromatic carbocycles. The van der Waals surface area contributed by atoms with Gasteiger partial charge in [-0.05, 0) is 64.2 Å². The Balaban J connectivity index is 2.37. The van der Waals surface area contributed by atoms with Crippen LogP contribution in [0.4, 0.5) is 0 Å². The first-order valence-electron chi connectivity index (χ1n) is 24.3. The second kappa shape index (κ2) is 39.0. The lowest BCUT2D eigenvalue weighted by Crippen LogP contribution is -2.64. The number of hydrogen-bond acceptors (Lipinski definition) is 11. The van der Waals surface area contributed by atoms with Crippen LogP contribution in [0.1, 0.15) is 200 Å². The van der Waals surface area contributed by atoms with E-state index in [1.165, 1.54) is 103 Å². The summed E-state index contributed by atoms with van der Waals surface area (Å²) in [4.78, 5) is 23.2. The summed E-state index contributed by atoms with van der Waals surface area (Å²) >= 11 is 0. The number of ether oxygens (including phenoxy) is 2. The predicted octanol–water partition coefficient (Wildman–Crippen LogP) is 10.3. The van der Waals surface area contributed by atoms with E-state index in [1.807, 2.05) is 0 Å². The number of unbranched alkanes of at least 4 members (excludes halogenated alkanes) is 23. The smallest absolute Gasteiger partial charge is 0.457 e. The van der Waals surface area contributed by atoms with Crippen LogP contribution in [0.3, 0.4) is 0 Å². The van der Waals surface area contributed by atoms with Gasteiger partial charge in [-0.3, -0.25) is 13.8 Å². The number of aliphatic hydroxyl groups is 5. The van der Waals surface area contributed by atoms with Crippen LogP contribution >= 0.6 is 7.82 Å². The van der Waals surface area contributed by atoms with Crippen molar-refractivity contribution in [1.82, 2.24) is 0 Å². The monoisotopic (exact) mass is 889 g/mol. The lowest BCUT2D eigenvalue weighted by atomic mass is 9.85. The number of carbonyl (C=O) groups is 1. The fourth-order valence-electron chi connectivity index (χ4n) is 7.31. The first-order valence-corrected chi connectivity index (χ1v) is 25.8. The Morgan fingerprint density at radius 1 is 0.525 bits per heavy atom. The third-order valence-corrected chi connectivity index (χ3v) is 12.2. The zero-order valence-corrected chi connectivity index (χ0v) is 39.1. The van der Waals surface area contributed by atoms with Gasteiger partial charge in [-0.15, -0.1) is 0 Å². The van der Waals surface area contributed by atoms with E-state index in [0.717, 1.165) is 70.6 Å². The maximum Gasteiger partial charge on any atom is 0.472 e. The van der Waals surface area contributed by atoms with Crippen LogP contribution in [0, 0.1) is 0 Å². The molecule has 0 radical (unpaired) electrons. The molecule has 358 valence electrons. The molecule has 1 saturated carbocycles. The molecule has 6 atom stereocenters. The van der Waals surface area contributed by atoms with Crippen molar-refractivity contribution in [3.63, 3.8) is 0 Å². The largest absolute Gasteiger partial charge is 0.472 e. The van der Waals surface area contributed by atoms with Gasteiger partial charge in [0.15, 0.2) is 0 Å². The molecule has 0 aromatic heterocycles. The molecule has 0 heterocycles. The minimum absolute atomic E-state index is 0.0837. The number of esters is 1. The third kappa shape index (κ3) is 31.1. The van der Waals surface area contributed by atoms with Crippen LogP contribution in [-0.2, 0) is 27.9 Å². The predicted molar refractivity (Wildman–Crippen MR) is 244 cm³/mol. The van der Waals surface area contributed by atoms with E-state index in [9.17, 15) is 39.8 Å². The molecule has 1 fully saturated rings. The molecule has 0 aliphatic heterocycles. The van der Waals surface area contributed by atoms with Gasteiger partial charge in [-0.2, -0.15) is 0 Å². The Morgan fingerprint density at radius 3 is 1.44 bits per heavy atom. The fourth-order valence-corrected chi connectivity index (χ4v) is 8.28. The van der Waals surface area contributed by atoms with Gasteiger partial charge in [0.25, 0.3) is 0 Å². The fraction of sp³-hybridized carbons (Fsp3) is 0.854. The summed E-state index contributed by atoms with van der Waals surface area (Å²) in [5, 5.41) is 50.2. The highest BCUT2D eigenvalue weighted by atomic mass is 31.2. The molecule has 0 amide bonds. The van der Waals surface area contributed by atoms with Crippen molar-refractivity contribution >= 4 is 13.8 Å². The average molecular weight is 889 g/mol. The first kappa shape index (κ1) is 57.6. The van der Waals surface area contributed by atoms with Crippen molar-refractivity contribution in [1.29, 1.82) is 0 Å². The summed E-state index contributed by atoms with van der Waals surface area (Å²) in [6.45, 7) is 4.20. The summed E-state index contributed by atoms with van der Waals surface area (Å²) in [6, 6.07) is 0. The van der Waals surface area contributed by atoms with E-state index in [0.29, 0.717) is 13.0 Å². The number of aliphatic hydroxyl groups excluding tert-OH is 5. The average Bonchev–Trinajstić information content (AvgIpc) is 3.24. The molecular weight excluding hydrogens is 799 g/mol. The van der Waals surface area contributed by atoms with Crippen molar-refractivity contribution in [2.75, 3.05) is 19.8 Å². The molecule has 0 saturated heterocycles. The van der Waals surface area contributed by atoms with E-state index in [2.05, 4.69) is 50.3 Å². The highest BCUT2D eigenvalue weighted by molar-refractivity contribution is 7.47. The molecule has 12 nitrogen and oxygen atoms in total. The Labute approximate surface area is 370 Å². The Bertz CT molecular complexity index is 1150. The summed E-state index contributed by atoms with van der Waals surface area (Å²) < 4.78 is 34.2. The standard InChI is InChI=1S/C48H89O12P/c1-3-5-7-9-11-13-15-17-19-20-21-22-23-25-27-29-31-33-35-37-42(49)59-41(40-58-61(55,56)60-48-46(53)44(51)43(50)45(52)47(48)54)39-57-38-36-34-32-30-28-26-24-18-16-14-12-10-8-6-4-2/h10,12,16-19,41,43-48,50-54H,3-9,11,13-15,20-40H2,1-2H3,(H,55,56)/b12-10-,18-16-,19-17-. The molecule has 1 rings (SSSR count). The molecule has 6 N–H and O–H groups in total. The minimum atomic E-state index is -5.02. The van der Waals surface area contributed by atoms with Crippen molar-refractivity contribution in [2.24, 2.45) is 0 Å². The zero-order valence-electron chi connectivity index (χ0n) is 38.2. The van der Waals surface area contributed by atoms with Gasteiger partial charge in [-0.25, -0.2) is 4.57 Å². The van der Waals surface area contributed by atoms with E-state index in [-0.39, 0.29) is 13.0 Å². The summed E-state index contributed by atoms with van der Waals surface area (Å²) in [5.74, 6) is -0.483. The lowest BCUT2D eigenvalue weighted by molar-refractivity contribution is -0.220. The van der Waals surface area contributed by atoms with E-state index in [1.54, 1.807) is 0 Å². The molecule has 0 aromatic rings. The van der Waals surface area contributed by atoms with Gasteiger partial charge in [-0.1, -0.05) is 166 Å². The highest BCUT2D eigenvalue weighted by Crippen LogP contribution is 2.47. The van der Waals surface area contributed by atoms with Crippen LogP contribution in [-0.4, -0.2) is 98.9 Å². The highest BCUT2D eigenvalue weighted by Gasteiger charge is 2.51. The van der Waals surface area contributed by atoms with Gasteiger partial charge in [0.05, 0.1) is 13.2 Å². The molecule has 61 heavy (non-hydrogen) atoms. The van der Waals surface area contributed by atoms with Gasteiger partial charge >= 0.3 is 13.8 Å². The second-order valence-corrected chi connectivity index (χ2v) is 18.4. The van der Waals surface area contributed by atoms with Gasteiger partial charge in [0.1, 0.15) is 42.7 Å². The maximum atomic E-state index is 12.8. The number of allylic oxidation sites excluding steroid dienone is 6. The summed E-state index contributed by atoms with van der Waals surface area (Å²) in [6.07, 6.45) is 33.5. The molecule has 1 aliphatic carbocycles. The maximum absolute atomic E-state index is 12.8. The Hall–Kier alpha value is -1.44. The number of phosphoric acid groups is 1. The molecule has 0 spiro atoms. The zero-order chi connectivity index (χ0) is 44.8. The van der Waals surface area contributed by atoms with Crippen LogP contribution in [0.25, 0.3) is 0 Å². The first-order chi connectivity index (χ1) is 29.5. The summed E-state index contributed by atoms with van der Waals surface area (Å²) in [7, 11) is -5.02. The number of rotatable bonds is 41. The molecule has 1 aliphatic rings. The molecular formula is C48H89O12P. The minimum Gasteiger partial charge on any atom is -0.457 e. The van der Waals surface area contributed by atoms with E-state index in [4.69, 9.17) is 18.5 Å². The van der Waals surface area contributed by atoms with Crippen LogP contribution < -0.4 is 0 Å². The second-order valence-electron chi connectivity index (χ2n) is 17.0. The van der Waals surface area contributed by atoms with Crippen molar-refractivity contribution in [3.8, 4) is 0 Å². The van der Waals surface area contributed by atoms with Crippen LogP contribution in [0.2, 0.25) is 0 Å². The van der Waals surface area contributed by atoms with E-state index >= 15 is 0 Å². The van der Waals surface area contributed by atoms with Crippen LogP contribution in [0.5, 0.6) is 0 Å². The number of phosphoric ester groups is 1. The van der Waals surface area contributed by atoms with Gasteiger partial charge in [0, 0.05) is 13.0 Å². The molecule has 13 heteroatoms. The van der Waals surface area contributed by atoms with Crippen molar-refractivity contribution in [3.05, 3.63) is 36.5 Å². The third-order valence-electron chi connectivity index (χ3n) is 11.2. The van der Waals surface area contributed by atoms with Crippen molar-refractivity contribution < 1.29 is 58.3 Å². The molecule has 6 unspecified atom stereocenters.